The first-order valence-electron chi connectivity index (χ1n) is 6.45. The molecule has 4 heteroatoms. The molecule has 0 atom stereocenters. The number of hydrogen-bond donors (Lipinski definition) is 0. The molecule has 4 nitrogen and oxygen atoms in total. The molecule has 0 unspecified atom stereocenters. The van der Waals surface area contributed by atoms with E-state index < -0.39 is 17.4 Å². The zero-order valence-corrected chi connectivity index (χ0v) is 11.9. The number of ketones is 1. The number of carbonyl (C=O) groups excluding carboxylic acids is 2. The number of ether oxygens (including phenoxy) is 2. The van der Waals surface area contributed by atoms with E-state index in [1.807, 2.05) is 12.1 Å². The maximum atomic E-state index is 12.6. The van der Waals surface area contributed by atoms with Crippen LogP contribution in [-0.2, 0) is 24.7 Å². The van der Waals surface area contributed by atoms with E-state index in [0.717, 1.165) is 0 Å². The Morgan fingerprint density at radius 1 is 0.810 bits per heavy atom. The van der Waals surface area contributed by atoms with E-state index in [9.17, 15) is 9.59 Å². The van der Waals surface area contributed by atoms with Gasteiger partial charge in [-0.15, -0.1) is 0 Å². The smallest absolute Gasteiger partial charge is 0.378 e. The summed E-state index contributed by atoms with van der Waals surface area (Å²) < 4.78 is 10.1. The lowest BCUT2D eigenvalue weighted by molar-refractivity contribution is -0.161. The SMILES string of the molecule is COC(=O)C(=O)C(OC)(c1ccccc1)c1ccccc1. The first-order chi connectivity index (χ1) is 10.2. The van der Waals surface area contributed by atoms with Crippen molar-refractivity contribution in [1.82, 2.24) is 0 Å². The fourth-order valence-electron chi connectivity index (χ4n) is 2.34. The van der Waals surface area contributed by atoms with Gasteiger partial charge in [0.05, 0.1) is 7.11 Å². The number of hydrogen-bond acceptors (Lipinski definition) is 4. The summed E-state index contributed by atoms with van der Waals surface area (Å²) in [6.45, 7) is 0. The standard InChI is InChI=1S/C17H16O4/c1-20-16(19)15(18)17(21-2,13-9-5-3-6-10-13)14-11-7-4-8-12-14/h3-12H,1-2H3. The molecule has 0 N–H and O–H groups in total. The Labute approximate surface area is 123 Å². The van der Waals surface area contributed by atoms with Crippen molar-refractivity contribution in [2.75, 3.05) is 14.2 Å². The van der Waals surface area contributed by atoms with Gasteiger partial charge in [0.15, 0.2) is 5.60 Å². The summed E-state index contributed by atoms with van der Waals surface area (Å²) in [5.41, 5.74) is -0.349. The molecule has 0 saturated carbocycles. The van der Waals surface area contributed by atoms with Crippen LogP contribution in [0.15, 0.2) is 60.7 Å². The molecule has 0 bridgehead atoms. The van der Waals surface area contributed by atoms with E-state index >= 15 is 0 Å². The van der Waals surface area contributed by atoms with Gasteiger partial charge >= 0.3 is 5.97 Å². The van der Waals surface area contributed by atoms with Gasteiger partial charge in [-0.25, -0.2) is 4.79 Å². The van der Waals surface area contributed by atoms with Crippen LogP contribution in [0.4, 0.5) is 0 Å². The molecule has 21 heavy (non-hydrogen) atoms. The second kappa shape index (κ2) is 6.33. The van der Waals surface area contributed by atoms with Crippen LogP contribution in [0.1, 0.15) is 11.1 Å². The van der Waals surface area contributed by atoms with Crippen LogP contribution in [0.5, 0.6) is 0 Å². The largest absolute Gasteiger partial charge is 0.463 e. The van der Waals surface area contributed by atoms with Crippen LogP contribution in [0.3, 0.4) is 0 Å². The third kappa shape index (κ3) is 2.58. The van der Waals surface area contributed by atoms with Gasteiger partial charge in [0, 0.05) is 7.11 Å². The molecule has 2 aromatic rings. The van der Waals surface area contributed by atoms with Gasteiger partial charge in [0.2, 0.25) is 0 Å². The number of rotatable bonds is 5. The highest BCUT2D eigenvalue weighted by molar-refractivity contribution is 6.37. The Kier molecular flexibility index (Phi) is 4.50. The lowest BCUT2D eigenvalue weighted by Crippen LogP contribution is -2.43. The van der Waals surface area contributed by atoms with Crippen LogP contribution in [0.2, 0.25) is 0 Å². The average Bonchev–Trinajstić information content (AvgIpc) is 2.57. The monoisotopic (exact) mass is 284 g/mol. The van der Waals surface area contributed by atoms with E-state index in [4.69, 9.17) is 4.74 Å². The van der Waals surface area contributed by atoms with Crippen LogP contribution < -0.4 is 0 Å². The first-order valence-corrected chi connectivity index (χ1v) is 6.45. The molecule has 0 aliphatic rings. The number of benzene rings is 2. The Hall–Kier alpha value is -2.46. The normalized spacial score (nSPS) is 11.0. The van der Waals surface area contributed by atoms with Gasteiger partial charge in [-0.2, -0.15) is 0 Å². The van der Waals surface area contributed by atoms with Crippen LogP contribution in [-0.4, -0.2) is 26.0 Å². The van der Waals surface area contributed by atoms with Crippen molar-refractivity contribution in [3.8, 4) is 0 Å². The van der Waals surface area contributed by atoms with Gasteiger partial charge in [-0.3, -0.25) is 4.79 Å². The molecule has 0 aliphatic carbocycles. The maximum Gasteiger partial charge on any atom is 0.378 e. The second-order valence-corrected chi connectivity index (χ2v) is 4.44. The highest BCUT2D eigenvalue weighted by atomic mass is 16.5. The second-order valence-electron chi connectivity index (χ2n) is 4.44. The zero-order valence-electron chi connectivity index (χ0n) is 11.9. The van der Waals surface area contributed by atoms with Crippen molar-refractivity contribution < 1.29 is 19.1 Å². The molecule has 0 radical (unpaired) electrons. The molecule has 0 heterocycles. The highest BCUT2D eigenvalue weighted by Crippen LogP contribution is 2.34. The Morgan fingerprint density at radius 3 is 1.57 bits per heavy atom. The molecule has 2 rings (SSSR count). The van der Waals surface area contributed by atoms with E-state index in [1.165, 1.54) is 14.2 Å². The minimum atomic E-state index is -1.50. The summed E-state index contributed by atoms with van der Waals surface area (Å²) in [6, 6.07) is 17.8. The molecular formula is C17H16O4. The summed E-state index contributed by atoms with van der Waals surface area (Å²) in [7, 11) is 2.58. The van der Waals surface area contributed by atoms with Gasteiger partial charge in [-0.05, 0) is 11.1 Å². The number of methoxy groups -OCH3 is 2. The number of carbonyl (C=O) groups is 2. The fraction of sp³-hybridized carbons (Fsp3) is 0.176. The summed E-state index contributed by atoms with van der Waals surface area (Å²) in [4.78, 5) is 24.4. The summed E-state index contributed by atoms with van der Waals surface area (Å²) in [6.07, 6.45) is 0. The van der Waals surface area contributed by atoms with Crippen molar-refractivity contribution >= 4 is 11.8 Å². The molecule has 0 fully saturated rings. The van der Waals surface area contributed by atoms with Crippen molar-refractivity contribution in [2.24, 2.45) is 0 Å². The molecular weight excluding hydrogens is 268 g/mol. The predicted molar refractivity (Wildman–Crippen MR) is 77.7 cm³/mol. The molecule has 108 valence electrons. The van der Waals surface area contributed by atoms with Gasteiger partial charge in [0.1, 0.15) is 0 Å². The molecule has 0 amide bonds. The topological polar surface area (TPSA) is 52.6 Å². The lowest BCUT2D eigenvalue weighted by Gasteiger charge is -2.30. The zero-order chi connectivity index (χ0) is 15.3. The van der Waals surface area contributed by atoms with Crippen molar-refractivity contribution in [3.63, 3.8) is 0 Å². The van der Waals surface area contributed by atoms with Gasteiger partial charge in [-0.1, -0.05) is 60.7 Å². The first kappa shape index (κ1) is 14.9. The summed E-state index contributed by atoms with van der Waals surface area (Å²) in [5, 5.41) is 0. The Balaban J connectivity index is 2.69. The van der Waals surface area contributed by atoms with E-state index in [-0.39, 0.29) is 0 Å². The number of esters is 1. The van der Waals surface area contributed by atoms with E-state index in [0.29, 0.717) is 11.1 Å². The minimum Gasteiger partial charge on any atom is -0.463 e. The fourth-order valence-corrected chi connectivity index (χ4v) is 2.34. The highest BCUT2D eigenvalue weighted by Gasteiger charge is 2.46. The Bertz CT molecular complexity index is 580. The third-order valence-electron chi connectivity index (χ3n) is 3.36. The third-order valence-corrected chi connectivity index (χ3v) is 3.36. The molecule has 0 saturated heterocycles. The van der Waals surface area contributed by atoms with Crippen molar-refractivity contribution in [2.45, 2.75) is 5.60 Å². The Morgan fingerprint density at radius 2 is 1.24 bits per heavy atom. The molecule has 0 aliphatic heterocycles. The summed E-state index contributed by atoms with van der Waals surface area (Å²) >= 11 is 0. The lowest BCUT2D eigenvalue weighted by atomic mass is 9.82. The van der Waals surface area contributed by atoms with E-state index in [1.54, 1.807) is 48.5 Å². The van der Waals surface area contributed by atoms with Crippen LogP contribution in [0, 0.1) is 0 Å². The van der Waals surface area contributed by atoms with E-state index in [2.05, 4.69) is 4.74 Å². The molecule has 0 aromatic heterocycles. The minimum absolute atomic E-state index is 0.578. The predicted octanol–water partition coefficient (Wildman–Crippen LogP) is 2.32. The van der Waals surface area contributed by atoms with Crippen molar-refractivity contribution in [1.29, 1.82) is 0 Å². The van der Waals surface area contributed by atoms with Crippen LogP contribution >= 0.6 is 0 Å². The van der Waals surface area contributed by atoms with Gasteiger partial charge in [0.25, 0.3) is 5.78 Å². The van der Waals surface area contributed by atoms with Crippen molar-refractivity contribution in [3.05, 3.63) is 71.8 Å². The molecule has 0 spiro atoms. The maximum absolute atomic E-state index is 12.6. The molecule has 2 aromatic carbocycles. The summed E-state index contributed by atoms with van der Waals surface area (Å²) in [5.74, 6) is -1.70. The number of Topliss-reactive ketones (excluding diaryl/α,β-unsaturated/α-hetero) is 1. The van der Waals surface area contributed by atoms with Gasteiger partial charge < -0.3 is 9.47 Å². The van der Waals surface area contributed by atoms with Crippen LogP contribution in [0.25, 0.3) is 0 Å². The average molecular weight is 284 g/mol. The quantitative estimate of drug-likeness (QED) is 0.624.